The summed E-state index contributed by atoms with van der Waals surface area (Å²) in [4.78, 5) is 39.1. The summed E-state index contributed by atoms with van der Waals surface area (Å²) in [5.41, 5.74) is -2.10. The number of halogens is 4. The lowest BCUT2D eigenvalue weighted by Crippen LogP contribution is -2.48. The van der Waals surface area contributed by atoms with Crippen molar-refractivity contribution < 1.29 is 37.4 Å². The Morgan fingerprint density at radius 2 is 1.64 bits per heavy atom. The van der Waals surface area contributed by atoms with E-state index in [1.807, 2.05) is 0 Å². The van der Waals surface area contributed by atoms with Gasteiger partial charge in [0.05, 0.1) is 12.1 Å². The maximum absolute atomic E-state index is 13.0. The minimum atomic E-state index is -4.53. The Bertz CT molecular complexity index is 1370. The molecule has 0 spiro atoms. The molecule has 0 aliphatic carbocycles. The van der Waals surface area contributed by atoms with Crippen LogP contribution < -0.4 is 10.7 Å². The van der Waals surface area contributed by atoms with E-state index in [-0.39, 0.29) is 25.2 Å². The first-order valence-electron chi connectivity index (χ1n) is 10.6. The van der Waals surface area contributed by atoms with Gasteiger partial charge in [0.15, 0.2) is 11.4 Å². The normalized spacial score (nSPS) is 15.5. The van der Waals surface area contributed by atoms with E-state index in [9.17, 15) is 42.2 Å². The Hall–Kier alpha value is -4.19. The lowest BCUT2D eigenvalue weighted by Gasteiger charge is -2.35. The van der Waals surface area contributed by atoms with Gasteiger partial charge in [-0.2, -0.15) is 13.2 Å². The summed E-state index contributed by atoms with van der Waals surface area (Å²) in [5, 5.41) is 23.4. The quantitative estimate of drug-likeness (QED) is 0.462. The van der Waals surface area contributed by atoms with Gasteiger partial charge in [-0.3, -0.25) is 14.4 Å². The Morgan fingerprint density at radius 3 is 2.25 bits per heavy atom. The molecule has 12 heteroatoms. The first-order chi connectivity index (χ1) is 17.0. The maximum Gasteiger partial charge on any atom is 0.416 e. The van der Waals surface area contributed by atoms with E-state index in [4.69, 9.17) is 0 Å². The Kier molecular flexibility index (Phi) is 6.55. The van der Waals surface area contributed by atoms with Gasteiger partial charge in [-0.25, -0.2) is 4.39 Å². The molecule has 3 N–H and O–H groups in total. The van der Waals surface area contributed by atoms with Gasteiger partial charge in [0.1, 0.15) is 17.6 Å². The number of alkyl halides is 3. The fraction of sp³-hybridized carbons (Fsp3) is 0.208. The summed E-state index contributed by atoms with van der Waals surface area (Å²) >= 11 is 0. The molecule has 1 aliphatic rings. The Morgan fingerprint density at radius 1 is 1.03 bits per heavy atom. The lowest BCUT2D eigenvalue weighted by molar-refractivity contribution is -0.137. The standard InChI is InChI=1S/C24H19F4N3O5/c25-16-7-3-13(4-8-16)9-29-22(35)17-11-30-12-18(32)31(23(36)19(30)21(34)20(17)33)10-14-1-5-15(6-2-14)24(26,27)28/h1-8,11,18,32,34H,9-10,12H2,(H,29,35). The summed E-state index contributed by atoms with van der Waals surface area (Å²) in [6.45, 7) is -0.636. The number of rotatable bonds is 5. The second-order valence-corrected chi connectivity index (χ2v) is 8.14. The molecule has 0 radical (unpaired) electrons. The van der Waals surface area contributed by atoms with Crippen LogP contribution in [0.4, 0.5) is 17.6 Å². The van der Waals surface area contributed by atoms with Crippen molar-refractivity contribution in [2.24, 2.45) is 0 Å². The summed E-state index contributed by atoms with van der Waals surface area (Å²) in [6.07, 6.45) is -4.95. The Labute approximate surface area is 201 Å². The molecule has 2 aromatic carbocycles. The molecule has 0 fully saturated rings. The van der Waals surface area contributed by atoms with Gasteiger partial charge in [-0.1, -0.05) is 24.3 Å². The van der Waals surface area contributed by atoms with Gasteiger partial charge >= 0.3 is 6.18 Å². The highest BCUT2D eigenvalue weighted by molar-refractivity contribution is 5.99. The molecule has 36 heavy (non-hydrogen) atoms. The number of pyridine rings is 1. The zero-order valence-corrected chi connectivity index (χ0v) is 18.4. The van der Waals surface area contributed by atoms with Crippen LogP contribution in [-0.2, 0) is 25.8 Å². The van der Waals surface area contributed by atoms with Crippen molar-refractivity contribution in [3.05, 3.63) is 98.7 Å². The van der Waals surface area contributed by atoms with Gasteiger partial charge in [-0.05, 0) is 35.4 Å². The molecule has 3 aromatic rings. The molecular weight excluding hydrogens is 486 g/mol. The third-order valence-corrected chi connectivity index (χ3v) is 5.68. The van der Waals surface area contributed by atoms with Gasteiger partial charge < -0.3 is 25.0 Å². The van der Waals surface area contributed by atoms with Crippen LogP contribution in [0, 0.1) is 5.82 Å². The molecule has 1 unspecified atom stereocenters. The van der Waals surface area contributed by atoms with E-state index in [1.54, 1.807) is 0 Å². The minimum absolute atomic E-state index is 0.0382. The molecular formula is C24H19F4N3O5. The number of hydrogen-bond donors (Lipinski definition) is 3. The number of aromatic hydroxyl groups is 1. The van der Waals surface area contributed by atoms with Crippen LogP contribution in [0.5, 0.6) is 5.75 Å². The molecule has 0 saturated heterocycles. The van der Waals surface area contributed by atoms with Gasteiger partial charge in [0.25, 0.3) is 11.8 Å². The highest BCUT2D eigenvalue weighted by Gasteiger charge is 2.36. The zero-order valence-electron chi connectivity index (χ0n) is 18.4. The van der Waals surface area contributed by atoms with Crippen LogP contribution in [0.2, 0.25) is 0 Å². The number of amides is 2. The van der Waals surface area contributed by atoms with E-state index in [0.717, 1.165) is 39.9 Å². The number of aliphatic hydroxyl groups is 1. The van der Waals surface area contributed by atoms with E-state index in [2.05, 4.69) is 5.32 Å². The predicted molar refractivity (Wildman–Crippen MR) is 117 cm³/mol. The SMILES string of the molecule is O=C(NCc1ccc(F)cc1)c1cn2c(c(O)c1=O)C(=O)N(Cc1ccc(C(F)(F)F)cc1)C(O)C2. The van der Waals surface area contributed by atoms with E-state index in [0.29, 0.717) is 5.56 Å². The third-order valence-electron chi connectivity index (χ3n) is 5.68. The van der Waals surface area contributed by atoms with Crippen molar-refractivity contribution in [2.45, 2.75) is 32.0 Å². The maximum atomic E-state index is 13.0. The van der Waals surface area contributed by atoms with Gasteiger partial charge in [0.2, 0.25) is 5.43 Å². The number of hydrogen-bond acceptors (Lipinski definition) is 5. The number of nitrogens with zero attached hydrogens (tertiary/aromatic N) is 2. The summed E-state index contributed by atoms with van der Waals surface area (Å²) in [5.74, 6) is -3.26. The molecule has 4 rings (SSSR count). The van der Waals surface area contributed by atoms with Crippen molar-refractivity contribution in [2.75, 3.05) is 0 Å². The third kappa shape index (κ3) is 4.93. The predicted octanol–water partition coefficient (Wildman–Crippen LogP) is 2.62. The van der Waals surface area contributed by atoms with E-state index >= 15 is 0 Å². The van der Waals surface area contributed by atoms with Crippen LogP contribution in [0.3, 0.4) is 0 Å². The van der Waals surface area contributed by atoms with Crippen molar-refractivity contribution in [1.29, 1.82) is 0 Å². The second-order valence-electron chi connectivity index (χ2n) is 8.14. The molecule has 2 amide bonds. The van der Waals surface area contributed by atoms with Crippen molar-refractivity contribution in [3.8, 4) is 5.75 Å². The van der Waals surface area contributed by atoms with Crippen LogP contribution in [-0.4, -0.2) is 37.7 Å². The average Bonchev–Trinajstić information content (AvgIpc) is 2.83. The van der Waals surface area contributed by atoms with Crippen LogP contribution in [0.1, 0.15) is 37.5 Å². The van der Waals surface area contributed by atoms with E-state index < -0.39 is 58.0 Å². The number of benzene rings is 2. The van der Waals surface area contributed by atoms with Crippen molar-refractivity contribution in [3.63, 3.8) is 0 Å². The lowest BCUT2D eigenvalue weighted by atomic mass is 10.1. The van der Waals surface area contributed by atoms with E-state index in [1.165, 1.54) is 24.3 Å². The number of nitrogens with one attached hydrogen (secondary N) is 1. The fourth-order valence-electron chi connectivity index (χ4n) is 3.78. The molecule has 0 bridgehead atoms. The Balaban J connectivity index is 1.55. The average molecular weight is 505 g/mol. The molecule has 2 heterocycles. The number of aliphatic hydroxyl groups excluding tert-OH is 1. The molecule has 0 saturated carbocycles. The highest BCUT2D eigenvalue weighted by Crippen LogP contribution is 2.30. The second kappa shape index (κ2) is 9.46. The van der Waals surface area contributed by atoms with Crippen molar-refractivity contribution in [1.82, 2.24) is 14.8 Å². The first-order valence-corrected chi connectivity index (χ1v) is 10.6. The minimum Gasteiger partial charge on any atom is -0.503 e. The monoisotopic (exact) mass is 505 g/mol. The smallest absolute Gasteiger partial charge is 0.416 e. The molecule has 1 aromatic heterocycles. The molecule has 8 nitrogen and oxygen atoms in total. The van der Waals surface area contributed by atoms with Crippen LogP contribution >= 0.6 is 0 Å². The van der Waals surface area contributed by atoms with Crippen molar-refractivity contribution >= 4 is 11.8 Å². The van der Waals surface area contributed by atoms with Gasteiger partial charge in [-0.15, -0.1) is 0 Å². The van der Waals surface area contributed by atoms with Crippen LogP contribution in [0.15, 0.2) is 59.5 Å². The van der Waals surface area contributed by atoms with Gasteiger partial charge in [0, 0.05) is 19.3 Å². The largest absolute Gasteiger partial charge is 0.503 e. The first kappa shape index (κ1) is 24.9. The molecule has 1 aliphatic heterocycles. The fourth-order valence-corrected chi connectivity index (χ4v) is 3.78. The number of aromatic nitrogens is 1. The highest BCUT2D eigenvalue weighted by atomic mass is 19.4. The summed E-state index contributed by atoms with van der Waals surface area (Å²) in [7, 11) is 0. The zero-order chi connectivity index (χ0) is 26.2. The number of carbonyl (C=O) groups is 2. The van der Waals surface area contributed by atoms with Crippen LogP contribution in [0.25, 0.3) is 0 Å². The summed E-state index contributed by atoms with van der Waals surface area (Å²) in [6, 6.07) is 9.25. The topological polar surface area (TPSA) is 112 Å². The number of carbonyl (C=O) groups excluding carboxylic acids is 2. The molecule has 1 atom stereocenters. The summed E-state index contributed by atoms with van der Waals surface area (Å²) < 4.78 is 52.4. The number of fused-ring (bicyclic) bond motifs is 1. The molecule has 188 valence electrons.